The van der Waals surface area contributed by atoms with Crippen LogP contribution in [-0.2, 0) is 21.0 Å². The lowest BCUT2D eigenvalue weighted by Gasteiger charge is -2.17. The highest BCUT2D eigenvalue weighted by molar-refractivity contribution is 7.14. The van der Waals surface area contributed by atoms with Gasteiger partial charge in [-0.05, 0) is 23.8 Å². The average molecular weight is 393 g/mol. The van der Waals surface area contributed by atoms with Gasteiger partial charge in [-0.15, -0.1) is 11.3 Å². The summed E-state index contributed by atoms with van der Waals surface area (Å²) in [5, 5.41) is 2.32. The van der Waals surface area contributed by atoms with Crippen LogP contribution in [0.3, 0.4) is 0 Å². The first-order chi connectivity index (χ1) is 13.6. The number of carbonyl (C=O) groups is 2. The largest absolute Gasteiger partial charge is 0.274 e. The van der Waals surface area contributed by atoms with E-state index in [2.05, 4.69) is 10.5 Å². The second-order valence-electron chi connectivity index (χ2n) is 5.82. The Kier molecular flexibility index (Phi) is 6.67. The number of benzene rings is 2. The topological polar surface area (TPSA) is 71.5 Å². The molecule has 0 aliphatic rings. The van der Waals surface area contributed by atoms with Gasteiger partial charge in [0.05, 0.1) is 18.0 Å². The van der Waals surface area contributed by atoms with E-state index in [1.807, 2.05) is 60.7 Å². The maximum Gasteiger partial charge on any atom is 0.267 e. The molecule has 1 N–H and O–H groups in total. The van der Waals surface area contributed by atoms with Crippen molar-refractivity contribution in [1.29, 1.82) is 0 Å². The van der Waals surface area contributed by atoms with Crippen molar-refractivity contribution >= 4 is 40.0 Å². The lowest BCUT2D eigenvalue weighted by atomic mass is 10.2. The third kappa shape index (κ3) is 5.35. The number of aromatic nitrogens is 1. The summed E-state index contributed by atoms with van der Waals surface area (Å²) in [5.41, 5.74) is 4.65. The molecule has 0 fully saturated rings. The number of amides is 2. The molecule has 1 aromatic heterocycles. The maximum atomic E-state index is 12.0. The highest BCUT2D eigenvalue weighted by atomic mass is 32.1. The highest BCUT2D eigenvalue weighted by Crippen LogP contribution is 2.28. The van der Waals surface area contributed by atoms with Crippen LogP contribution < -0.4 is 10.4 Å². The molecule has 0 saturated carbocycles. The van der Waals surface area contributed by atoms with Gasteiger partial charge >= 0.3 is 0 Å². The van der Waals surface area contributed by atoms with E-state index in [9.17, 15) is 9.59 Å². The third-order valence-electron chi connectivity index (χ3n) is 3.69. The Hall–Kier alpha value is -3.29. The van der Waals surface area contributed by atoms with E-state index in [-0.39, 0.29) is 12.5 Å². The van der Waals surface area contributed by atoms with Crippen LogP contribution in [0.5, 0.6) is 0 Å². The molecular formula is C21H19N3O3S. The van der Waals surface area contributed by atoms with E-state index >= 15 is 0 Å². The quantitative estimate of drug-likeness (QED) is 0.485. The lowest BCUT2D eigenvalue weighted by molar-refractivity contribution is -0.129. The predicted octanol–water partition coefficient (Wildman–Crippen LogP) is 4.09. The SMILES string of the molecule is CC(=O)N(c1ccccc1)c1nc(C=CC(=O)NOCc2ccccc2)cs1. The van der Waals surface area contributed by atoms with Gasteiger partial charge in [-0.1, -0.05) is 48.5 Å². The molecule has 6 nitrogen and oxygen atoms in total. The number of rotatable bonds is 7. The number of para-hydroxylation sites is 1. The van der Waals surface area contributed by atoms with Crippen molar-refractivity contribution in [2.75, 3.05) is 4.90 Å². The molecule has 3 aromatic rings. The molecule has 0 spiro atoms. The molecule has 28 heavy (non-hydrogen) atoms. The first-order valence-electron chi connectivity index (χ1n) is 8.58. The molecule has 2 aromatic carbocycles. The van der Waals surface area contributed by atoms with Crippen LogP contribution in [0.15, 0.2) is 72.1 Å². The molecule has 0 atom stereocenters. The minimum Gasteiger partial charge on any atom is -0.274 e. The number of hydrogen-bond donors (Lipinski definition) is 1. The Balaban J connectivity index is 1.58. The second kappa shape index (κ2) is 9.59. The molecule has 1 heterocycles. The van der Waals surface area contributed by atoms with E-state index < -0.39 is 5.91 Å². The lowest BCUT2D eigenvalue weighted by Crippen LogP contribution is -2.22. The van der Waals surface area contributed by atoms with Gasteiger partial charge in [0.25, 0.3) is 5.91 Å². The number of hydroxylamine groups is 1. The zero-order chi connectivity index (χ0) is 19.8. The molecule has 0 aliphatic carbocycles. The van der Waals surface area contributed by atoms with Crippen LogP contribution >= 0.6 is 11.3 Å². The Bertz CT molecular complexity index is 955. The Morgan fingerprint density at radius 1 is 1.11 bits per heavy atom. The fourth-order valence-corrected chi connectivity index (χ4v) is 3.27. The molecule has 3 rings (SSSR count). The van der Waals surface area contributed by atoms with Crippen LogP contribution in [0.2, 0.25) is 0 Å². The van der Waals surface area contributed by atoms with Gasteiger partial charge in [-0.25, -0.2) is 10.5 Å². The number of hydrogen-bond acceptors (Lipinski definition) is 5. The standard InChI is InChI=1S/C21H19N3O3S/c1-16(25)24(19-10-6-3-7-11-19)21-22-18(15-28-21)12-13-20(26)23-27-14-17-8-4-2-5-9-17/h2-13,15H,14H2,1H3,(H,23,26). The first kappa shape index (κ1) is 19.5. The minimum absolute atomic E-state index is 0.136. The van der Waals surface area contributed by atoms with Gasteiger partial charge in [-0.3, -0.25) is 19.3 Å². The molecule has 0 bridgehead atoms. The van der Waals surface area contributed by atoms with E-state index in [4.69, 9.17) is 4.84 Å². The van der Waals surface area contributed by atoms with Gasteiger partial charge in [0.2, 0.25) is 5.91 Å². The van der Waals surface area contributed by atoms with E-state index in [0.29, 0.717) is 10.8 Å². The minimum atomic E-state index is -0.392. The van der Waals surface area contributed by atoms with Gasteiger partial charge in [-0.2, -0.15) is 0 Å². The fraction of sp³-hybridized carbons (Fsp3) is 0.0952. The van der Waals surface area contributed by atoms with Crippen molar-refractivity contribution in [3.63, 3.8) is 0 Å². The molecule has 0 radical (unpaired) electrons. The second-order valence-corrected chi connectivity index (χ2v) is 6.66. The summed E-state index contributed by atoms with van der Waals surface area (Å²) in [6, 6.07) is 18.8. The molecule has 0 aliphatic heterocycles. The van der Waals surface area contributed by atoms with Crippen LogP contribution in [0.1, 0.15) is 18.2 Å². The fourth-order valence-electron chi connectivity index (χ4n) is 2.42. The van der Waals surface area contributed by atoms with Crippen molar-refractivity contribution in [2.24, 2.45) is 0 Å². The van der Waals surface area contributed by atoms with Crippen molar-refractivity contribution in [3.8, 4) is 0 Å². The van der Waals surface area contributed by atoms with E-state index in [1.54, 1.807) is 11.5 Å². The third-order valence-corrected chi connectivity index (χ3v) is 4.53. The van der Waals surface area contributed by atoms with Crippen LogP contribution in [0.25, 0.3) is 6.08 Å². The summed E-state index contributed by atoms with van der Waals surface area (Å²) < 4.78 is 0. The highest BCUT2D eigenvalue weighted by Gasteiger charge is 2.17. The number of carbonyl (C=O) groups excluding carboxylic acids is 2. The monoisotopic (exact) mass is 393 g/mol. The zero-order valence-corrected chi connectivity index (χ0v) is 16.1. The van der Waals surface area contributed by atoms with Crippen molar-refractivity contribution in [3.05, 3.63) is 83.4 Å². The molecular weight excluding hydrogens is 374 g/mol. The van der Waals surface area contributed by atoms with Gasteiger partial charge in [0.1, 0.15) is 0 Å². The Morgan fingerprint density at radius 3 is 2.46 bits per heavy atom. The normalized spacial score (nSPS) is 10.8. The Morgan fingerprint density at radius 2 is 1.79 bits per heavy atom. The summed E-state index contributed by atoms with van der Waals surface area (Å²) in [6.45, 7) is 1.77. The molecule has 2 amide bonds. The molecule has 0 unspecified atom stereocenters. The average Bonchev–Trinajstić information content (AvgIpc) is 3.16. The van der Waals surface area contributed by atoms with Gasteiger partial charge in [0.15, 0.2) is 5.13 Å². The summed E-state index contributed by atoms with van der Waals surface area (Å²) >= 11 is 1.33. The van der Waals surface area contributed by atoms with Crippen molar-refractivity contribution < 1.29 is 14.4 Å². The maximum absolute atomic E-state index is 12.0. The number of thiazole rings is 1. The summed E-state index contributed by atoms with van der Waals surface area (Å²) in [7, 11) is 0. The van der Waals surface area contributed by atoms with Crippen LogP contribution in [-0.4, -0.2) is 16.8 Å². The smallest absolute Gasteiger partial charge is 0.267 e. The van der Waals surface area contributed by atoms with Crippen LogP contribution in [0.4, 0.5) is 10.8 Å². The Labute approximate surface area is 167 Å². The van der Waals surface area contributed by atoms with Crippen molar-refractivity contribution in [1.82, 2.24) is 10.5 Å². The van der Waals surface area contributed by atoms with E-state index in [0.717, 1.165) is 11.3 Å². The van der Waals surface area contributed by atoms with E-state index in [1.165, 1.54) is 29.2 Å². The van der Waals surface area contributed by atoms with Crippen molar-refractivity contribution in [2.45, 2.75) is 13.5 Å². The van der Waals surface area contributed by atoms with Gasteiger partial charge < -0.3 is 0 Å². The van der Waals surface area contributed by atoms with Crippen LogP contribution in [0, 0.1) is 0 Å². The van der Waals surface area contributed by atoms with Gasteiger partial charge in [0, 0.05) is 18.4 Å². The molecule has 0 saturated heterocycles. The summed E-state index contributed by atoms with van der Waals surface area (Å²) in [4.78, 5) is 35.1. The number of anilines is 2. The number of nitrogens with zero attached hydrogens (tertiary/aromatic N) is 2. The number of nitrogens with one attached hydrogen (secondary N) is 1. The molecule has 142 valence electrons. The summed E-state index contributed by atoms with van der Waals surface area (Å²) in [5.74, 6) is -0.528. The summed E-state index contributed by atoms with van der Waals surface area (Å²) in [6.07, 6.45) is 2.91. The predicted molar refractivity (Wildman–Crippen MR) is 110 cm³/mol. The zero-order valence-electron chi connectivity index (χ0n) is 15.2. The first-order valence-corrected chi connectivity index (χ1v) is 9.46. The molecule has 7 heteroatoms.